The van der Waals surface area contributed by atoms with Crippen LogP contribution in [0.2, 0.25) is 0 Å². The quantitative estimate of drug-likeness (QED) is 0.0387. The number of phosphoric acid groups is 1. The van der Waals surface area contributed by atoms with E-state index in [1.165, 1.54) is 51.4 Å². The number of likely N-dealkylation sites (N-methyl/N-ethyl adjacent to an activating group) is 1. The molecule has 0 aromatic carbocycles. The van der Waals surface area contributed by atoms with Crippen LogP contribution in [-0.4, -0.2) is 68.5 Å². The summed E-state index contributed by atoms with van der Waals surface area (Å²) >= 11 is 0. The number of carbonyl (C=O) groups excluding carboxylic acids is 1. The number of hydrogen-bond donors (Lipinski definition) is 2. The van der Waals surface area contributed by atoms with Crippen molar-refractivity contribution in [1.82, 2.24) is 5.32 Å². The maximum atomic E-state index is 12.6. The molecule has 0 saturated heterocycles. The number of unbranched alkanes of at least 4 members (excludes halogenated alkanes) is 12. The topological polar surface area (TPSA) is 108 Å². The van der Waals surface area contributed by atoms with E-state index < -0.39 is 26.6 Å². The normalized spacial score (nSPS) is 15.4. The number of phosphoric ester groups is 1. The van der Waals surface area contributed by atoms with Gasteiger partial charge in [0.15, 0.2) is 0 Å². The third kappa shape index (κ3) is 29.2. The van der Waals surface area contributed by atoms with Crippen molar-refractivity contribution in [3.63, 3.8) is 0 Å². The third-order valence-electron chi connectivity index (χ3n) is 7.08. The van der Waals surface area contributed by atoms with Crippen molar-refractivity contribution in [1.29, 1.82) is 0 Å². The summed E-state index contributed by atoms with van der Waals surface area (Å²) in [5, 5.41) is 13.6. The molecular weight excluding hydrogens is 563 g/mol. The number of quaternary nitrogens is 1. The molecule has 0 aliphatic carbocycles. The van der Waals surface area contributed by atoms with Crippen molar-refractivity contribution in [2.45, 2.75) is 135 Å². The molecule has 43 heavy (non-hydrogen) atoms. The number of amides is 1. The lowest BCUT2D eigenvalue weighted by Crippen LogP contribution is -2.45. The summed E-state index contributed by atoms with van der Waals surface area (Å²) in [4.78, 5) is 24.9. The minimum atomic E-state index is -4.58. The van der Waals surface area contributed by atoms with Crippen LogP contribution in [0.4, 0.5) is 0 Å². The molecule has 0 aromatic rings. The van der Waals surface area contributed by atoms with Gasteiger partial charge in [-0.15, -0.1) is 0 Å². The Balaban J connectivity index is 4.72. The number of nitrogens with zero attached hydrogens (tertiary/aromatic N) is 1. The summed E-state index contributed by atoms with van der Waals surface area (Å²) in [6.45, 7) is 4.50. The molecular formula is C34H65N2O6P. The van der Waals surface area contributed by atoms with Gasteiger partial charge in [-0.1, -0.05) is 108 Å². The van der Waals surface area contributed by atoms with Crippen molar-refractivity contribution < 1.29 is 32.9 Å². The van der Waals surface area contributed by atoms with Gasteiger partial charge in [0.05, 0.1) is 39.9 Å². The number of nitrogens with one attached hydrogen (secondary N) is 1. The standard InChI is InChI=1S/C34H65N2O6P/c1-6-8-10-12-14-16-17-18-19-20-21-23-25-27-33(37)32(31-42-43(39,40)41-30-29-36(3,4)5)35-34(38)28-26-24-22-15-13-11-9-7-2/h14,16,19-20,25,27,32-33,37H,6-13,15,17-18,21-24,26,28-31H2,1-5H3,(H-,35,38,39,40)/b16-14+,20-19+,27-25+. The number of aliphatic hydroxyl groups excluding tert-OH is 1. The van der Waals surface area contributed by atoms with Crippen LogP contribution < -0.4 is 10.2 Å². The largest absolute Gasteiger partial charge is 0.756 e. The Hall–Kier alpha value is -1.28. The fraction of sp³-hybridized carbons (Fsp3) is 0.794. The Morgan fingerprint density at radius 3 is 1.88 bits per heavy atom. The average molecular weight is 629 g/mol. The van der Waals surface area contributed by atoms with Gasteiger partial charge in [-0.05, 0) is 44.9 Å². The molecule has 0 spiro atoms. The minimum absolute atomic E-state index is 0.00896. The smallest absolute Gasteiger partial charge is 0.268 e. The van der Waals surface area contributed by atoms with Crippen LogP contribution in [0, 0.1) is 0 Å². The zero-order valence-corrected chi connectivity index (χ0v) is 29.0. The van der Waals surface area contributed by atoms with Gasteiger partial charge in [-0.25, -0.2) is 0 Å². The van der Waals surface area contributed by atoms with E-state index in [1.807, 2.05) is 27.2 Å². The average Bonchev–Trinajstić information content (AvgIpc) is 2.94. The van der Waals surface area contributed by atoms with Gasteiger partial charge in [0.25, 0.3) is 7.82 Å². The first-order chi connectivity index (χ1) is 20.5. The molecule has 8 nitrogen and oxygen atoms in total. The molecule has 0 aliphatic rings. The number of carbonyl (C=O) groups is 1. The highest BCUT2D eigenvalue weighted by Gasteiger charge is 2.23. The predicted octanol–water partition coefficient (Wildman–Crippen LogP) is 7.38. The Morgan fingerprint density at radius 1 is 0.791 bits per heavy atom. The first-order valence-corrected chi connectivity index (χ1v) is 18.3. The van der Waals surface area contributed by atoms with E-state index in [9.17, 15) is 19.4 Å². The maximum absolute atomic E-state index is 12.6. The number of rotatable bonds is 29. The fourth-order valence-corrected chi connectivity index (χ4v) is 5.02. The van der Waals surface area contributed by atoms with Crippen molar-refractivity contribution in [3.8, 4) is 0 Å². The molecule has 1 amide bonds. The van der Waals surface area contributed by atoms with Gasteiger partial charge in [-0.3, -0.25) is 9.36 Å². The highest BCUT2D eigenvalue weighted by atomic mass is 31.2. The highest BCUT2D eigenvalue weighted by Crippen LogP contribution is 2.38. The second-order valence-electron chi connectivity index (χ2n) is 12.5. The fourth-order valence-electron chi connectivity index (χ4n) is 4.30. The van der Waals surface area contributed by atoms with Crippen molar-refractivity contribution >= 4 is 13.7 Å². The monoisotopic (exact) mass is 628 g/mol. The lowest BCUT2D eigenvalue weighted by molar-refractivity contribution is -0.870. The maximum Gasteiger partial charge on any atom is 0.268 e. The molecule has 0 saturated carbocycles. The van der Waals surface area contributed by atoms with Crippen LogP contribution in [0.15, 0.2) is 36.5 Å². The minimum Gasteiger partial charge on any atom is -0.756 e. The molecule has 0 radical (unpaired) electrons. The summed E-state index contributed by atoms with van der Waals surface area (Å²) in [6, 6.07) is -0.901. The zero-order chi connectivity index (χ0) is 32.2. The molecule has 3 atom stereocenters. The molecule has 252 valence electrons. The lowest BCUT2D eigenvalue weighted by atomic mass is 10.1. The number of allylic oxidation sites excluding steroid dienone is 5. The molecule has 2 N–H and O–H groups in total. The van der Waals surface area contributed by atoms with Gasteiger partial charge in [0.2, 0.25) is 5.91 Å². The second-order valence-corrected chi connectivity index (χ2v) is 13.9. The molecule has 0 heterocycles. The van der Waals surface area contributed by atoms with Crippen LogP contribution in [0.1, 0.15) is 123 Å². The first-order valence-electron chi connectivity index (χ1n) is 16.9. The van der Waals surface area contributed by atoms with Crippen molar-refractivity contribution in [3.05, 3.63) is 36.5 Å². The van der Waals surface area contributed by atoms with Crippen LogP contribution in [0.25, 0.3) is 0 Å². The number of aliphatic hydroxyl groups is 1. The molecule has 0 aromatic heterocycles. The van der Waals surface area contributed by atoms with E-state index in [0.29, 0.717) is 17.4 Å². The number of hydrogen-bond acceptors (Lipinski definition) is 6. The van der Waals surface area contributed by atoms with Crippen LogP contribution >= 0.6 is 7.82 Å². The van der Waals surface area contributed by atoms with Gasteiger partial charge < -0.3 is 28.8 Å². The summed E-state index contributed by atoms with van der Waals surface area (Å²) in [6.07, 6.45) is 29.1. The van der Waals surface area contributed by atoms with Gasteiger partial charge in [0.1, 0.15) is 13.2 Å². The first kappa shape index (κ1) is 41.7. The van der Waals surface area contributed by atoms with Crippen LogP contribution in [0.5, 0.6) is 0 Å². The molecule has 0 fully saturated rings. The lowest BCUT2D eigenvalue weighted by Gasteiger charge is -2.29. The Morgan fingerprint density at radius 2 is 1.30 bits per heavy atom. The molecule has 0 aliphatic heterocycles. The van der Waals surface area contributed by atoms with Gasteiger partial charge in [-0.2, -0.15) is 0 Å². The van der Waals surface area contributed by atoms with E-state index in [2.05, 4.69) is 43.5 Å². The van der Waals surface area contributed by atoms with Crippen molar-refractivity contribution in [2.75, 3.05) is 40.9 Å². The SMILES string of the molecule is CCCCC/C=C/CC/C=C/CC/C=C/C(O)C(COP(=O)([O-])OCC[N+](C)(C)C)NC(=O)CCCCCCCCCC. The molecule has 9 heteroatoms. The van der Waals surface area contributed by atoms with E-state index in [-0.39, 0.29) is 12.5 Å². The second kappa shape index (κ2) is 27.1. The summed E-state index contributed by atoms with van der Waals surface area (Å²) in [5.74, 6) is -0.221. The molecule has 0 bridgehead atoms. The Kier molecular flexibility index (Phi) is 26.3. The zero-order valence-electron chi connectivity index (χ0n) is 28.1. The van der Waals surface area contributed by atoms with Crippen LogP contribution in [-0.2, 0) is 18.4 Å². The van der Waals surface area contributed by atoms with Gasteiger partial charge in [0, 0.05) is 6.42 Å². The van der Waals surface area contributed by atoms with E-state index in [1.54, 1.807) is 6.08 Å². The van der Waals surface area contributed by atoms with E-state index >= 15 is 0 Å². The Bertz CT molecular complexity index is 809. The third-order valence-corrected chi connectivity index (χ3v) is 8.04. The van der Waals surface area contributed by atoms with E-state index in [0.717, 1.165) is 51.4 Å². The summed E-state index contributed by atoms with van der Waals surface area (Å²) < 4.78 is 22.9. The summed E-state index contributed by atoms with van der Waals surface area (Å²) in [7, 11) is 1.23. The van der Waals surface area contributed by atoms with Crippen LogP contribution in [0.3, 0.4) is 0 Å². The predicted molar refractivity (Wildman–Crippen MR) is 178 cm³/mol. The van der Waals surface area contributed by atoms with Gasteiger partial charge >= 0.3 is 0 Å². The molecule has 3 unspecified atom stereocenters. The summed E-state index contributed by atoms with van der Waals surface area (Å²) in [5.41, 5.74) is 0. The van der Waals surface area contributed by atoms with Crippen molar-refractivity contribution in [2.24, 2.45) is 0 Å². The molecule has 0 rings (SSSR count). The highest BCUT2D eigenvalue weighted by molar-refractivity contribution is 7.45. The van der Waals surface area contributed by atoms with E-state index in [4.69, 9.17) is 9.05 Å². The Labute approximate surface area is 264 Å².